The van der Waals surface area contributed by atoms with E-state index in [4.69, 9.17) is 16.9 Å². The second kappa shape index (κ2) is 6.87. The van der Waals surface area contributed by atoms with E-state index in [1.54, 1.807) is 13.8 Å². The molecule has 106 valence electrons. The first-order valence-electron chi connectivity index (χ1n) is 6.01. The lowest BCUT2D eigenvalue weighted by Crippen LogP contribution is -2.38. The average molecular weight is 296 g/mol. The Morgan fingerprint density at radius 3 is 2.70 bits per heavy atom. The van der Waals surface area contributed by atoms with Gasteiger partial charge in [-0.1, -0.05) is 17.7 Å². The highest BCUT2D eigenvalue weighted by Crippen LogP contribution is 2.29. The maximum atomic E-state index is 12.4. The van der Waals surface area contributed by atoms with Gasteiger partial charge in [-0.2, -0.15) is 5.26 Å². The number of para-hydroxylation sites is 1. The first-order chi connectivity index (χ1) is 9.40. The van der Waals surface area contributed by atoms with Crippen LogP contribution in [0.5, 0.6) is 0 Å². The number of rotatable bonds is 5. The molecule has 1 amide bonds. The van der Waals surface area contributed by atoms with Crippen LogP contribution in [0.25, 0.3) is 0 Å². The van der Waals surface area contributed by atoms with E-state index < -0.39 is 16.5 Å². The van der Waals surface area contributed by atoms with E-state index in [-0.39, 0.29) is 29.6 Å². The monoisotopic (exact) mass is 295 g/mol. The fourth-order valence-corrected chi connectivity index (χ4v) is 2.04. The number of carbonyl (C=O) groups is 1. The smallest absolute Gasteiger partial charge is 0.300 e. The van der Waals surface area contributed by atoms with E-state index in [0.29, 0.717) is 0 Å². The molecule has 1 aromatic rings. The van der Waals surface area contributed by atoms with Gasteiger partial charge in [0.1, 0.15) is 10.6 Å². The van der Waals surface area contributed by atoms with Crippen molar-refractivity contribution < 1.29 is 9.72 Å². The first kappa shape index (κ1) is 15.9. The lowest BCUT2D eigenvalue weighted by Gasteiger charge is -2.25. The summed E-state index contributed by atoms with van der Waals surface area (Å²) in [5.74, 6) is -0.496. The molecule has 0 unspecified atom stereocenters. The molecule has 0 heterocycles. The molecule has 6 nitrogen and oxygen atoms in total. The molecule has 0 aliphatic rings. The Kier molecular flexibility index (Phi) is 5.47. The minimum absolute atomic E-state index is 0.0610. The van der Waals surface area contributed by atoms with Gasteiger partial charge in [0, 0.05) is 12.6 Å². The molecule has 7 heteroatoms. The number of hydrogen-bond donors (Lipinski definition) is 0. The third-order valence-electron chi connectivity index (χ3n) is 2.75. The Balaban J connectivity index is 3.22. The maximum absolute atomic E-state index is 12.4. The van der Waals surface area contributed by atoms with Crippen LogP contribution in [0.15, 0.2) is 18.2 Å². The van der Waals surface area contributed by atoms with Gasteiger partial charge in [0.2, 0.25) is 0 Å². The number of nitro benzene ring substituents is 1. The topological polar surface area (TPSA) is 87.2 Å². The molecule has 0 spiro atoms. The molecule has 0 aliphatic carbocycles. The van der Waals surface area contributed by atoms with Gasteiger partial charge in [0.25, 0.3) is 5.91 Å². The summed E-state index contributed by atoms with van der Waals surface area (Å²) >= 11 is 5.79. The molecule has 0 radical (unpaired) electrons. The van der Waals surface area contributed by atoms with Crippen LogP contribution in [0.1, 0.15) is 30.6 Å². The third-order valence-corrected chi connectivity index (χ3v) is 3.05. The SMILES string of the molecule is CC(C)N(CCC#N)C(=O)c1cccc(Cl)c1[N+](=O)[O-]. The van der Waals surface area contributed by atoms with Crippen LogP contribution in [-0.2, 0) is 0 Å². The fourth-order valence-electron chi connectivity index (χ4n) is 1.79. The zero-order valence-corrected chi connectivity index (χ0v) is 11.9. The highest BCUT2D eigenvalue weighted by atomic mass is 35.5. The summed E-state index contributed by atoms with van der Waals surface area (Å²) in [5, 5.41) is 19.6. The van der Waals surface area contributed by atoms with Crippen molar-refractivity contribution in [3.05, 3.63) is 38.9 Å². The predicted molar refractivity (Wildman–Crippen MR) is 74.5 cm³/mol. The summed E-state index contributed by atoms with van der Waals surface area (Å²) in [7, 11) is 0. The van der Waals surface area contributed by atoms with Crippen LogP contribution >= 0.6 is 11.6 Å². The lowest BCUT2D eigenvalue weighted by molar-refractivity contribution is -0.385. The molecule has 1 aromatic carbocycles. The minimum Gasteiger partial charge on any atom is -0.335 e. The highest BCUT2D eigenvalue weighted by molar-refractivity contribution is 6.33. The number of amides is 1. The van der Waals surface area contributed by atoms with Gasteiger partial charge in [-0.15, -0.1) is 0 Å². The molecule has 0 aromatic heterocycles. The van der Waals surface area contributed by atoms with E-state index in [9.17, 15) is 14.9 Å². The zero-order chi connectivity index (χ0) is 15.3. The van der Waals surface area contributed by atoms with E-state index in [1.165, 1.54) is 23.1 Å². The Hall–Kier alpha value is -2.13. The summed E-state index contributed by atoms with van der Waals surface area (Å²) in [5.41, 5.74) is -0.462. The fraction of sp³-hybridized carbons (Fsp3) is 0.385. The number of hydrogen-bond acceptors (Lipinski definition) is 4. The molecule has 0 saturated carbocycles. The van der Waals surface area contributed by atoms with Crippen molar-refractivity contribution in [2.75, 3.05) is 6.54 Å². The van der Waals surface area contributed by atoms with Gasteiger partial charge in [-0.25, -0.2) is 0 Å². The second-order valence-electron chi connectivity index (χ2n) is 4.39. The number of halogens is 1. The van der Waals surface area contributed by atoms with Crippen molar-refractivity contribution in [1.29, 1.82) is 5.26 Å². The Morgan fingerprint density at radius 2 is 2.20 bits per heavy atom. The Bertz CT molecular complexity index is 566. The summed E-state index contributed by atoms with van der Waals surface area (Å²) in [6.45, 7) is 3.79. The van der Waals surface area contributed by atoms with Gasteiger partial charge in [0.05, 0.1) is 17.4 Å². The standard InChI is InChI=1S/C13H14ClN3O3/c1-9(2)16(8-4-7-15)13(18)10-5-3-6-11(14)12(10)17(19)20/h3,5-6,9H,4,8H2,1-2H3. The summed E-state index contributed by atoms with van der Waals surface area (Å²) in [4.78, 5) is 24.2. The van der Waals surface area contributed by atoms with Crippen LogP contribution in [0.3, 0.4) is 0 Å². The number of nitriles is 1. The van der Waals surface area contributed by atoms with E-state index in [2.05, 4.69) is 0 Å². The maximum Gasteiger partial charge on any atom is 0.300 e. The van der Waals surface area contributed by atoms with Gasteiger partial charge in [-0.05, 0) is 26.0 Å². The normalized spacial score (nSPS) is 10.2. The molecule has 0 saturated heterocycles. The van der Waals surface area contributed by atoms with Gasteiger partial charge >= 0.3 is 5.69 Å². The molecule has 0 fully saturated rings. The number of nitrogens with zero attached hydrogens (tertiary/aromatic N) is 3. The Labute approximate surface area is 121 Å². The molecule has 0 aliphatic heterocycles. The highest BCUT2D eigenvalue weighted by Gasteiger charge is 2.28. The Morgan fingerprint density at radius 1 is 1.55 bits per heavy atom. The average Bonchev–Trinajstić information content (AvgIpc) is 2.37. The van der Waals surface area contributed by atoms with Crippen molar-refractivity contribution in [2.45, 2.75) is 26.3 Å². The zero-order valence-electron chi connectivity index (χ0n) is 11.2. The van der Waals surface area contributed by atoms with E-state index >= 15 is 0 Å². The molecule has 0 bridgehead atoms. The summed E-state index contributed by atoms with van der Waals surface area (Å²) < 4.78 is 0. The van der Waals surface area contributed by atoms with Crippen molar-refractivity contribution in [3.8, 4) is 6.07 Å². The van der Waals surface area contributed by atoms with E-state index in [1.807, 2.05) is 6.07 Å². The molecule has 0 N–H and O–H groups in total. The van der Waals surface area contributed by atoms with Crippen molar-refractivity contribution in [1.82, 2.24) is 4.90 Å². The number of carbonyl (C=O) groups excluding carboxylic acids is 1. The first-order valence-corrected chi connectivity index (χ1v) is 6.38. The quantitative estimate of drug-likeness (QED) is 0.617. The molecular weight excluding hydrogens is 282 g/mol. The van der Waals surface area contributed by atoms with Crippen LogP contribution in [0.4, 0.5) is 5.69 Å². The van der Waals surface area contributed by atoms with Crippen molar-refractivity contribution in [2.24, 2.45) is 0 Å². The van der Waals surface area contributed by atoms with Crippen molar-refractivity contribution >= 4 is 23.2 Å². The largest absolute Gasteiger partial charge is 0.335 e. The molecule has 0 atom stereocenters. The second-order valence-corrected chi connectivity index (χ2v) is 4.80. The van der Waals surface area contributed by atoms with Crippen LogP contribution < -0.4 is 0 Å². The van der Waals surface area contributed by atoms with Crippen molar-refractivity contribution in [3.63, 3.8) is 0 Å². The number of benzene rings is 1. The molecule has 20 heavy (non-hydrogen) atoms. The lowest BCUT2D eigenvalue weighted by atomic mass is 10.1. The summed E-state index contributed by atoms with van der Waals surface area (Å²) in [6, 6.07) is 6.01. The minimum atomic E-state index is -0.668. The van der Waals surface area contributed by atoms with Crippen LogP contribution in [0.2, 0.25) is 5.02 Å². The number of nitro groups is 1. The van der Waals surface area contributed by atoms with Crippen LogP contribution in [0, 0.1) is 21.4 Å². The van der Waals surface area contributed by atoms with E-state index in [0.717, 1.165) is 0 Å². The predicted octanol–water partition coefficient (Wildman–Crippen LogP) is 3.01. The van der Waals surface area contributed by atoms with Gasteiger partial charge in [0.15, 0.2) is 0 Å². The molecular formula is C13H14ClN3O3. The van der Waals surface area contributed by atoms with Crippen LogP contribution in [-0.4, -0.2) is 28.3 Å². The van der Waals surface area contributed by atoms with Gasteiger partial charge < -0.3 is 4.90 Å². The summed E-state index contributed by atoms with van der Waals surface area (Å²) in [6.07, 6.45) is 0.165. The third kappa shape index (κ3) is 3.45. The van der Waals surface area contributed by atoms with Gasteiger partial charge in [-0.3, -0.25) is 14.9 Å². The molecule has 1 rings (SSSR count).